The van der Waals surface area contributed by atoms with Crippen molar-refractivity contribution in [2.45, 2.75) is 38.3 Å². The van der Waals surface area contributed by atoms with Crippen LogP contribution in [0.1, 0.15) is 26.2 Å². The molecule has 86 valence electrons. The lowest BCUT2D eigenvalue weighted by Gasteiger charge is -2.26. The largest absolute Gasteiger partial charge is 0.398 e. The number of rotatable bonds is 9. The lowest BCUT2D eigenvalue weighted by atomic mass is 10.4. The van der Waals surface area contributed by atoms with Crippen molar-refractivity contribution in [2.75, 3.05) is 27.9 Å². The van der Waals surface area contributed by atoms with Crippen LogP contribution in [0, 0.1) is 0 Å². The van der Waals surface area contributed by atoms with E-state index in [0.29, 0.717) is 0 Å². The Bertz CT molecular complexity index is 127. The van der Waals surface area contributed by atoms with Gasteiger partial charge in [0.05, 0.1) is 0 Å². The summed E-state index contributed by atoms with van der Waals surface area (Å²) in [6.07, 6.45) is 3.38. The normalized spacial score (nSPS) is 12.0. The predicted molar refractivity (Wildman–Crippen MR) is 60.8 cm³/mol. The Morgan fingerprint density at radius 1 is 0.929 bits per heavy atom. The summed E-state index contributed by atoms with van der Waals surface area (Å²) < 4.78 is 16.2. The van der Waals surface area contributed by atoms with Gasteiger partial charge >= 0.3 is 8.56 Å². The highest BCUT2D eigenvalue weighted by Crippen LogP contribution is 2.21. The Hall–Kier alpha value is 0.0969. The fourth-order valence-corrected chi connectivity index (χ4v) is 4.42. The van der Waals surface area contributed by atoms with Crippen molar-refractivity contribution >= 4 is 8.56 Å². The van der Waals surface area contributed by atoms with Gasteiger partial charge < -0.3 is 13.6 Å². The SMILES string of the molecule is CCC[Si](CCCCOC)(OC)OC. The molecule has 0 bridgehead atoms. The van der Waals surface area contributed by atoms with Crippen molar-refractivity contribution in [3.63, 3.8) is 0 Å². The van der Waals surface area contributed by atoms with Crippen LogP contribution in [0.25, 0.3) is 0 Å². The Balaban J connectivity index is 3.82. The number of hydrogen-bond acceptors (Lipinski definition) is 3. The number of hydrogen-bond donors (Lipinski definition) is 0. The first-order chi connectivity index (χ1) is 6.74. The molecule has 0 aromatic heterocycles. The molecule has 14 heavy (non-hydrogen) atoms. The molecule has 0 aliphatic carbocycles. The van der Waals surface area contributed by atoms with Gasteiger partial charge in [-0.2, -0.15) is 0 Å². The van der Waals surface area contributed by atoms with Crippen molar-refractivity contribution in [1.82, 2.24) is 0 Å². The van der Waals surface area contributed by atoms with Crippen LogP contribution in [-0.4, -0.2) is 36.5 Å². The van der Waals surface area contributed by atoms with Gasteiger partial charge in [0, 0.05) is 27.9 Å². The van der Waals surface area contributed by atoms with Crippen LogP contribution >= 0.6 is 0 Å². The fraction of sp³-hybridized carbons (Fsp3) is 1.00. The molecule has 0 rings (SSSR count). The van der Waals surface area contributed by atoms with Crippen molar-refractivity contribution in [2.24, 2.45) is 0 Å². The van der Waals surface area contributed by atoms with E-state index >= 15 is 0 Å². The Kier molecular flexibility index (Phi) is 8.47. The van der Waals surface area contributed by atoms with Gasteiger partial charge in [0.1, 0.15) is 0 Å². The molecule has 0 aromatic rings. The third kappa shape index (κ3) is 5.10. The number of unbranched alkanes of at least 4 members (excludes halogenated alkanes) is 1. The van der Waals surface area contributed by atoms with E-state index < -0.39 is 8.56 Å². The first-order valence-electron chi connectivity index (χ1n) is 5.34. The summed E-state index contributed by atoms with van der Waals surface area (Å²) in [6, 6.07) is 2.17. The minimum absolute atomic E-state index is 0.837. The zero-order valence-electron chi connectivity index (χ0n) is 9.97. The van der Waals surface area contributed by atoms with Gasteiger partial charge in [-0.1, -0.05) is 13.3 Å². The maximum Gasteiger partial charge on any atom is 0.337 e. The molecule has 0 aliphatic rings. The zero-order chi connectivity index (χ0) is 10.9. The molecule has 0 aromatic carbocycles. The Morgan fingerprint density at radius 3 is 2.00 bits per heavy atom. The van der Waals surface area contributed by atoms with Crippen molar-refractivity contribution < 1.29 is 13.6 Å². The van der Waals surface area contributed by atoms with Crippen LogP contribution in [0.4, 0.5) is 0 Å². The molecule has 0 fully saturated rings. The van der Waals surface area contributed by atoms with E-state index in [1.54, 1.807) is 21.3 Å². The summed E-state index contributed by atoms with van der Waals surface area (Å²) in [5, 5.41) is 0. The highest BCUT2D eigenvalue weighted by Gasteiger charge is 2.33. The molecular weight excluding hydrogens is 196 g/mol. The third-order valence-corrected chi connectivity index (χ3v) is 6.40. The van der Waals surface area contributed by atoms with E-state index in [9.17, 15) is 0 Å². The van der Waals surface area contributed by atoms with Gasteiger partial charge in [-0.25, -0.2) is 0 Å². The molecule has 3 nitrogen and oxygen atoms in total. The predicted octanol–water partition coefficient (Wildman–Crippen LogP) is 2.56. The molecule has 4 heteroatoms. The summed E-state index contributed by atoms with van der Waals surface area (Å²) in [5.41, 5.74) is 0. The first kappa shape index (κ1) is 14.1. The number of methoxy groups -OCH3 is 1. The van der Waals surface area contributed by atoms with Crippen LogP contribution in [0.15, 0.2) is 0 Å². The van der Waals surface area contributed by atoms with Crippen molar-refractivity contribution in [3.8, 4) is 0 Å². The van der Waals surface area contributed by atoms with Gasteiger partial charge in [0.15, 0.2) is 0 Å². The Morgan fingerprint density at radius 2 is 1.57 bits per heavy atom. The maximum absolute atomic E-state index is 5.58. The summed E-state index contributed by atoms with van der Waals surface area (Å²) in [7, 11) is 3.45. The van der Waals surface area contributed by atoms with Gasteiger partial charge in [-0.05, 0) is 24.9 Å². The standard InChI is InChI=1S/C10H24O3Si/c1-5-9-14(12-3,13-4)10-7-6-8-11-2/h5-10H2,1-4H3. The smallest absolute Gasteiger partial charge is 0.337 e. The molecule has 0 N–H and O–H groups in total. The quantitative estimate of drug-likeness (QED) is 0.441. The van der Waals surface area contributed by atoms with E-state index in [4.69, 9.17) is 13.6 Å². The van der Waals surface area contributed by atoms with E-state index in [0.717, 1.165) is 38.0 Å². The topological polar surface area (TPSA) is 27.7 Å². The van der Waals surface area contributed by atoms with Crippen molar-refractivity contribution in [3.05, 3.63) is 0 Å². The van der Waals surface area contributed by atoms with Crippen LogP contribution in [-0.2, 0) is 13.6 Å². The molecule has 0 unspecified atom stereocenters. The minimum atomic E-state index is -1.85. The molecule has 0 saturated carbocycles. The maximum atomic E-state index is 5.58. The fourth-order valence-electron chi connectivity index (χ4n) is 1.64. The minimum Gasteiger partial charge on any atom is -0.398 e. The number of ether oxygens (including phenoxy) is 1. The highest BCUT2D eigenvalue weighted by molar-refractivity contribution is 6.67. The molecule has 0 atom stereocenters. The first-order valence-corrected chi connectivity index (χ1v) is 7.57. The summed E-state index contributed by atoms with van der Waals surface area (Å²) in [5.74, 6) is 0. The monoisotopic (exact) mass is 220 g/mol. The van der Waals surface area contributed by atoms with Gasteiger partial charge in [-0.3, -0.25) is 0 Å². The van der Waals surface area contributed by atoms with Crippen molar-refractivity contribution in [1.29, 1.82) is 0 Å². The lowest BCUT2D eigenvalue weighted by molar-refractivity contribution is 0.191. The van der Waals surface area contributed by atoms with Crippen LogP contribution in [0.2, 0.25) is 12.1 Å². The average molecular weight is 220 g/mol. The Labute approximate surface area is 89.0 Å². The molecule has 0 heterocycles. The van der Waals surface area contributed by atoms with Crippen LogP contribution in [0.3, 0.4) is 0 Å². The molecule has 0 amide bonds. The van der Waals surface area contributed by atoms with Gasteiger partial charge in [0.25, 0.3) is 0 Å². The summed E-state index contributed by atoms with van der Waals surface area (Å²) in [6.45, 7) is 3.01. The van der Waals surface area contributed by atoms with E-state index in [2.05, 4.69) is 6.92 Å². The average Bonchev–Trinajstić information content (AvgIpc) is 2.23. The molecule has 0 radical (unpaired) electrons. The summed E-state index contributed by atoms with van der Waals surface area (Å²) >= 11 is 0. The summed E-state index contributed by atoms with van der Waals surface area (Å²) in [4.78, 5) is 0. The second kappa shape index (κ2) is 8.41. The van der Waals surface area contributed by atoms with Gasteiger partial charge in [-0.15, -0.1) is 0 Å². The third-order valence-electron chi connectivity index (χ3n) is 2.53. The van der Waals surface area contributed by atoms with E-state index in [-0.39, 0.29) is 0 Å². The van der Waals surface area contributed by atoms with Crippen LogP contribution < -0.4 is 0 Å². The molecule has 0 saturated heterocycles. The second-order valence-electron chi connectivity index (χ2n) is 3.52. The highest BCUT2D eigenvalue weighted by atomic mass is 28.4. The molecule has 0 aliphatic heterocycles. The molecular formula is C10H24O3Si. The van der Waals surface area contributed by atoms with E-state index in [1.165, 1.54) is 0 Å². The van der Waals surface area contributed by atoms with Crippen LogP contribution in [0.5, 0.6) is 0 Å². The van der Waals surface area contributed by atoms with E-state index in [1.807, 2.05) is 0 Å². The van der Waals surface area contributed by atoms with Gasteiger partial charge in [0.2, 0.25) is 0 Å². The zero-order valence-corrected chi connectivity index (χ0v) is 11.0. The second-order valence-corrected chi connectivity index (χ2v) is 7.16. The lowest BCUT2D eigenvalue weighted by Crippen LogP contribution is -2.39. The molecule has 0 spiro atoms.